The number of hydrogen-bond acceptors (Lipinski definition) is 2. The molecule has 0 bridgehead atoms. The van der Waals surface area contributed by atoms with E-state index in [0.717, 1.165) is 5.39 Å². The molecular weight excluding hydrogens is 349 g/mol. The molecule has 0 radical (unpaired) electrons. The van der Waals surface area contributed by atoms with Crippen LogP contribution in [0.1, 0.15) is 20.7 Å². The van der Waals surface area contributed by atoms with Crippen LogP contribution >= 0.6 is 23.2 Å². The lowest BCUT2D eigenvalue weighted by Gasteiger charge is -2.10. The molecule has 3 aromatic rings. The summed E-state index contributed by atoms with van der Waals surface area (Å²) in [4.78, 5) is 23.7. The minimum absolute atomic E-state index is 0.0377. The van der Waals surface area contributed by atoms with Crippen molar-refractivity contribution in [2.45, 2.75) is 0 Å². The number of anilines is 1. The Labute approximate surface area is 147 Å². The second-order valence-corrected chi connectivity index (χ2v) is 5.91. The van der Waals surface area contributed by atoms with Gasteiger partial charge in [-0.05, 0) is 35.7 Å². The average molecular weight is 360 g/mol. The van der Waals surface area contributed by atoms with Crippen LogP contribution in [-0.2, 0) is 0 Å². The fraction of sp³-hybridized carbons (Fsp3) is 0. The molecule has 0 unspecified atom stereocenters. The molecule has 0 saturated carbocycles. The van der Waals surface area contributed by atoms with Crippen LogP contribution in [0.2, 0.25) is 10.0 Å². The molecule has 24 heavy (non-hydrogen) atoms. The number of carboxylic acid groups (broad SMARTS) is 1. The topological polar surface area (TPSA) is 66.4 Å². The van der Waals surface area contributed by atoms with E-state index in [4.69, 9.17) is 28.3 Å². The Morgan fingerprint density at radius 1 is 0.875 bits per heavy atom. The standard InChI is InChI=1S/C18H11Cl2NO3/c19-14-6-2-3-11-12(14)4-1-5-13(11)17(22)21-16-9-10(18(23)24)7-8-15(16)20/h1-9H,(H,21,22)(H,23,24). The Morgan fingerprint density at radius 2 is 1.58 bits per heavy atom. The minimum atomic E-state index is -1.10. The zero-order chi connectivity index (χ0) is 17.3. The Morgan fingerprint density at radius 3 is 2.33 bits per heavy atom. The van der Waals surface area contributed by atoms with Gasteiger partial charge in [0.2, 0.25) is 0 Å². The Balaban J connectivity index is 2.01. The average Bonchev–Trinajstić information content (AvgIpc) is 2.56. The van der Waals surface area contributed by atoms with Gasteiger partial charge < -0.3 is 10.4 Å². The van der Waals surface area contributed by atoms with Gasteiger partial charge in [0.15, 0.2) is 0 Å². The van der Waals surface area contributed by atoms with Gasteiger partial charge in [-0.25, -0.2) is 4.79 Å². The van der Waals surface area contributed by atoms with Crippen LogP contribution in [0.4, 0.5) is 5.69 Å². The molecule has 4 nitrogen and oxygen atoms in total. The molecule has 0 spiro atoms. The molecule has 120 valence electrons. The fourth-order valence-electron chi connectivity index (χ4n) is 2.41. The largest absolute Gasteiger partial charge is 0.478 e. The first kappa shape index (κ1) is 16.3. The molecule has 0 aliphatic carbocycles. The molecule has 0 saturated heterocycles. The SMILES string of the molecule is O=C(O)c1ccc(Cl)c(NC(=O)c2cccc3c(Cl)cccc23)c1. The highest BCUT2D eigenvalue weighted by atomic mass is 35.5. The van der Waals surface area contributed by atoms with E-state index < -0.39 is 11.9 Å². The van der Waals surface area contributed by atoms with Gasteiger partial charge in [-0.1, -0.05) is 47.5 Å². The lowest BCUT2D eigenvalue weighted by atomic mass is 10.0. The Kier molecular flexibility index (Phi) is 4.42. The minimum Gasteiger partial charge on any atom is -0.478 e. The lowest BCUT2D eigenvalue weighted by Crippen LogP contribution is -2.13. The third-order valence-electron chi connectivity index (χ3n) is 3.58. The van der Waals surface area contributed by atoms with Gasteiger partial charge in [-0.2, -0.15) is 0 Å². The van der Waals surface area contributed by atoms with Gasteiger partial charge in [0.25, 0.3) is 5.91 Å². The molecule has 0 aliphatic rings. The van der Waals surface area contributed by atoms with E-state index in [9.17, 15) is 9.59 Å². The maximum absolute atomic E-state index is 12.6. The molecule has 6 heteroatoms. The molecule has 0 aliphatic heterocycles. The van der Waals surface area contributed by atoms with E-state index in [1.54, 1.807) is 30.3 Å². The van der Waals surface area contributed by atoms with E-state index in [-0.39, 0.29) is 16.3 Å². The van der Waals surface area contributed by atoms with Gasteiger partial charge in [-0.3, -0.25) is 4.79 Å². The second kappa shape index (κ2) is 6.51. The predicted molar refractivity (Wildman–Crippen MR) is 95.3 cm³/mol. The molecule has 0 heterocycles. The normalized spacial score (nSPS) is 10.6. The first-order valence-electron chi connectivity index (χ1n) is 6.99. The monoisotopic (exact) mass is 359 g/mol. The maximum atomic E-state index is 12.6. The third kappa shape index (κ3) is 3.07. The van der Waals surface area contributed by atoms with Gasteiger partial charge >= 0.3 is 5.97 Å². The smallest absolute Gasteiger partial charge is 0.335 e. The number of carboxylic acids is 1. The molecule has 3 rings (SSSR count). The maximum Gasteiger partial charge on any atom is 0.335 e. The van der Waals surface area contributed by atoms with Crippen molar-refractivity contribution in [3.05, 3.63) is 75.8 Å². The summed E-state index contributed by atoms with van der Waals surface area (Å²) in [7, 11) is 0. The summed E-state index contributed by atoms with van der Waals surface area (Å²) in [5.74, 6) is -1.49. The van der Waals surface area contributed by atoms with Gasteiger partial charge in [0, 0.05) is 16.0 Å². The number of carbonyl (C=O) groups is 2. The lowest BCUT2D eigenvalue weighted by molar-refractivity contribution is 0.0696. The summed E-state index contributed by atoms with van der Waals surface area (Å²) in [5.41, 5.74) is 0.697. The number of benzene rings is 3. The summed E-state index contributed by atoms with van der Waals surface area (Å²) >= 11 is 12.2. The van der Waals surface area contributed by atoms with Crippen molar-refractivity contribution in [1.82, 2.24) is 0 Å². The van der Waals surface area contributed by atoms with Crippen LogP contribution in [-0.4, -0.2) is 17.0 Å². The molecule has 1 amide bonds. The van der Waals surface area contributed by atoms with Crippen molar-refractivity contribution in [2.24, 2.45) is 0 Å². The number of hydrogen-bond donors (Lipinski definition) is 2. The molecule has 0 aromatic heterocycles. The van der Waals surface area contributed by atoms with Crippen molar-refractivity contribution >= 4 is 51.5 Å². The molecule has 2 N–H and O–H groups in total. The first-order valence-corrected chi connectivity index (χ1v) is 7.74. The quantitative estimate of drug-likeness (QED) is 0.683. The van der Waals surface area contributed by atoms with Crippen molar-refractivity contribution in [2.75, 3.05) is 5.32 Å². The number of halogens is 2. The number of aromatic carboxylic acids is 1. The summed E-state index contributed by atoms with van der Waals surface area (Å²) in [6.07, 6.45) is 0. The molecule has 0 fully saturated rings. The molecule has 3 aromatic carbocycles. The van der Waals surface area contributed by atoms with E-state index in [1.165, 1.54) is 18.2 Å². The van der Waals surface area contributed by atoms with E-state index >= 15 is 0 Å². The van der Waals surface area contributed by atoms with Gasteiger partial charge in [-0.15, -0.1) is 0 Å². The predicted octanol–water partition coefficient (Wildman–Crippen LogP) is 5.10. The highest BCUT2D eigenvalue weighted by molar-refractivity contribution is 6.36. The highest BCUT2D eigenvalue weighted by Gasteiger charge is 2.14. The number of nitrogens with one attached hydrogen (secondary N) is 1. The van der Waals surface area contributed by atoms with Crippen LogP contribution in [0.25, 0.3) is 10.8 Å². The van der Waals surface area contributed by atoms with Crippen LogP contribution < -0.4 is 5.32 Å². The van der Waals surface area contributed by atoms with Crippen molar-refractivity contribution in [3.8, 4) is 0 Å². The number of carbonyl (C=O) groups excluding carboxylic acids is 1. The zero-order valence-corrected chi connectivity index (χ0v) is 13.7. The van der Waals surface area contributed by atoms with Crippen molar-refractivity contribution in [1.29, 1.82) is 0 Å². The Hall–Kier alpha value is -2.56. The second-order valence-electron chi connectivity index (χ2n) is 5.09. The van der Waals surface area contributed by atoms with Gasteiger partial charge in [0.1, 0.15) is 0 Å². The summed E-state index contributed by atoms with van der Waals surface area (Å²) in [5, 5.41) is 14.0. The van der Waals surface area contributed by atoms with E-state index in [0.29, 0.717) is 16.0 Å². The van der Waals surface area contributed by atoms with Crippen LogP contribution in [0.3, 0.4) is 0 Å². The third-order valence-corrected chi connectivity index (χ3v) is 4.23. The number of amides is 1. The number of rotatable bonds is 3. The van der Waals surface area contributed by atoms with E-state index in [2.05, 4.69) is 5.32 Å². The Bertz CT molecular complexity index is 970. The summed E-state index contributed by atoms with van der Waals surface area (Å²) < 4.78 is 0. The van der Waals surface area contributed by atoms with Gasteiger partial charge in [0.05, 0.1) is 16.3 Å². The highest BCUT2D eigenvalue weighted by Crippen LogP contribution is 2.28. The molecule has 0 atom stereocenters. The zero-order valence-electron chi connectivity index (χ0n) is 12.2. The number of fused-ring (bicyclic) bond motifs is 1. The summed E-state index contributed by atoms with van der Waals surface area (Å²) in [6, 6.07) is 14.7. The summed E-state index contributed by atoms with van der Waals surface area (Å²) in [6.45, 7) is 0. The van der Waals surface area contributed by atoms with Crippen molar-refractivity contribution in [3.63, 3.8) is 0 Å². The first-order chi connectivity index (χ1) is 11.5. The van der Waals surface area contributed by atoms with Crippen LogP contribution in [0.15, 0.2) is 54.6 Å². The van der Waals surface area contributed by atoms with Crippen LogP contribution in [0.5, 0.6) is 0 Å². The fourth-order valence-corrected chi connectivity index (χ4v) is 2.82. The van der Waals surface area contributed by atoms with Crippen molar-refractivity contribution < 1.29 is 14.7 Å². The van der Waals surface area contributed by atoms with E-state index in [1.807, 2.05) is 6.07 Å². The van der Waals surface area contributed by atoms with Crippen LogP contribution in [0, 0.1) is 0 Å². The molecular formula is C18H11Cl2NO3.